The summed E-state index contributed by atoms with van der Waals surface area (Å²) in [7, 11) is 0. The molecule has 1 aromatic carbocycles. The quantitative estimate of drug-likeness (QED) is 0.440. The summed E-state index contributed by atoms with van der Waals surface area (Å²) in [6.07, 6.45) is -1.11. The Morgan fingerprint density at radius 3 is 2.23 bits per heavy atom. The molecule has 1 aliphatic rings. The molecule has 0 bridgehead atoms. The Kier molecular flexibility index (Phi) is 8.10. The Balaban J connectivity index is 2.02. The first-order valence-electron chi connectivity index (χ1n) is 10.3. The van der Waals surface area contributed by atoms with E-state index in [0.29, 0.717) is 0 Å². The van der Waals surface area contributed by atoms with Crippen molar-refractivity contribution < 1.29 is 32.6 Å². The monoisotopic (exact) mass is 424 g/mol. The van der Waals surface area contributed by atoms with Gasteiger partial charge in [-0.15, -0.1) is 0 Å². The van der Waals surface area contributed by atoms with Crippen LogP contribution in [0.1, 0.15) is 64.9 Å². The number of halogens is 2. The maximum atomic E-state index is 13.6. The van der Waals surface area contributed by atoms with Gasteiger partial charge in [-0.05, 0) is 45.1 Å². The average Bonchev–Trinajstić information content (AvgIpc) is 2.64. The van der Waals surface area contributed by atoms with Crippen molar-refractivity contribution in [2.24, 2.45) is 11.8 Å². The van der Waals surface area contributed by atoms with E-state index in [-0.39, 0.29) is 44.6 Å². The molecular weight excluding hydrogens is 394 g/mol. The Morgan fingerprint density at radius 2 is 1.67 bits per heavy atom. The second-order valence-electron chi connectivity index (χ2n) is 8.88. The molecule has 0 unspecified atom stereocenters. The number of ketones is 1. The van der Waals surface area contributed by atoms with Gasteiger partial charge in [-0.3, -0.25) is 14.4 Å². The van der Waals surface area contributed by atoms with E-state index < -0.39 is 41.6 Å². The van der Waals surface area contributed by atoms with Gasteiger partial charge >= 0.3 is 11.9 Å². The minimum atomic E-state index is -2.75. The van der Waals surface area contributed by atoms with Crippen molar-refractivity contribution >= 4 is 17.7 Å². The van der Waals surface area contributed by atoms with E-state index in [2.05, 4.69) is 0 Å². The Hall–Kier alpha value is -2.31. The lowest BCUT2D eigenvalue weighted by atomic mass is 9.75. The molecule has 1 aromatic rings. The zero-order valence-electron chi connectivity index (χ0n) is 17.8. The van der Waals surface area contributed by atoms with Crippen molar-refractivity contribution in [3.63, 3.8) is 0 Å². The normalized spacial score (nSPS) is 17.8. The van der Waals surface area contributed by atoms with Gasteiger partial charge in [-0.25, -0.2) is 8.78 Å². The maximum absolute atomic E-state index is 13.6. The molecule has 1 aliphatic carbocycles. The molecule has 0 radical (unpaired) electrons. The highest BCUT2D eigenvalue weighted by Gasteiger charge is 2.41. The van der Waals surface area contributed by atoms with Gasteiger partial charge in [0.15, 0.2) is 0 Å². The van der Waals surface area contributed by atoms with Crippen LogP contribution in [0.3, 0.4) is 0 Å². The minimum Gasteiger partial charge on any atom is -0.461 e. The van der Waals surface area contributed by atoms with Crippen LogP contribution in [0, 0.1) is 11.8 Å². The van der Waals surface area contributed by atoms with Gasteiger partial charge < -0.3 is 9.47 Å². The minimum absolute atomic E-state index is 0.0649. The molecule has 2 rings (SSSR count). The highest BCUT2D eigenvalue weighted by Crippen LogP contribution is 2.40. The summed E-state index contributed by atoms with van der Waals surface area (Å²) in [5, 5.41) is 0. The molecule has 30 heavy (non-hydrogen) atoms. The van der Waals surface area contributed by atoms with Crippen LogP contribution in [0.4, 0.5) is 8.78 Å². The van der Waals surface area contributed by atoms with Crippen LogP contribution in [0.15, 0.2) is 30.3 Å². The van der Waals surface area contributed by atoms with Gasteiger partial charge in [0.1, 0.15) is 24.4 Å². The lowest BCUT2D eigenvalue weighted by molar-refractivity contribution is -0.159. The van der Waals surface area contributed by atoms with Crippen molar-refractivity contribution in [3.8, 4) is 0 Å². The van der Waals surface area contributed by atoms with E-state index >= 15 is 0 Å². The van der Waals surface area contributed by atoms with E-state index in [1.54, 1.807) is 20.8 Å². The number of carbonyl (C=O) groups excluding carboxylic acids is 3. The summed E-state index contributed by atoms with van der Waals surface area (Å²) in [6, 6.07) is 9.09. The summed E-state index contributed by atoms with van der Waals surface area (Å²) in [5.41, 5.74) is 0.0637. The topological polar surface area (TPSA) is 69.7 Å². The van der Waals surface area contributed by atoms with Crippen molar-refractivity contribution in [1.29, 1.82) is 0 Å². The fraction of sp³-hybridized carbons (Fsp3) is 0.609. The molecule has 166 valence electrons. The number of Topliss-reactive ketones (excluding diaryl/α,β-unsaturated/α-hetero) is 1. The number of alkyl halides is 2. The van der Waals surface area contributed by atoms with Gasteiger partial charge in [-0.2, -0.15) is 0 Å². The molecule has 0 aliphatic heterocycles. The molecule has 5 nitrogen and oxygen atoms in total. The molecule has 0 amide bonds. The van der Waals surface area contributed by atoms with E-state index in [0.717, 1.165) is 5.56 Å². The lowest BCUT2D eigenvalue weighted by Crippen LogP contribution is -2.35. The van der Waals surface area contributed by atoms with Crippen LogP contribution in [-0.2, 0) is 30.5 Å². The third-order valence-corrected chi connectivity index (χ3v) is 5.11. The van der Waals surface area contributed by atoms with E-state index in [9.17, 15) is 23.2 Å². The predicted octanol–water partition coefficient (Wildman–Crippen LogP) is 4.86. The number of hydrogen-bond donors (Lipinski definition) is 0. The molecule has 0 aromatic heterocycles. The Morgan fingerprint density at radius 1 is 1.07 bits per heavy atom. The van der Waals surface area contributed by atoms with E-state index in [4.69, 9.17) is 9.47 Å². The highest BCUT2D eigenvalue weighted by molar-refractivity contribution is 5.98. The average molecular weight is 424 g/mol. The van der Waals surface area contributed by atoms with Crippen LogP contribution in [0.2, 0.25) is 0 Å². The van der Waals surface area contributed by atoms with Crippen LogP contribution in [0.25, 0.3) is 0 Å². The van der Waals surface area contributed by atoms with Crippen molar-refractivity contribution in [2.75, 3.05) is 0 Å². The van der Waals surface area contributed by atoms with Gasteiger partial charge in [-0.1, -0.05) is 30.3 Å². The zero-order chi connectivity index (χ0) is 22.4. The largest absolute Gasteiger partial charge is 0.461 e. The van der Waals surface area contributed by atoms with Gasteiger partial charge in [0.2, 0.25) is 5.92 Å². The fourth-order valence-electron chi connectivity index (χ4n) is 3.64. The zero-order valence-corrected chi connectivity index (χ0v) is 17.8. The van der Waals surface area contributed by atoms with Crippen LogP contribution in [-0.4, -0.2) is 29.2 Å². The maximum Gasteiger partial charge on any atom is 0.313 e. The Bertz CT molecular complexity index is 730. The molecule has 0 spiro atoms. The molecule has 0 saturated heterocycles. The first-order valence-corrected chi connectivity index (χ1v) is 10.3. The second kappa shape index (κ2) is 10.1. The fourth-order valence-corrected chi connectivity index (χ4v) is 3.64. The first kappa shape index (κ1) is 24.0. The molecule has 1 atom stereocenters. The summed E-state index contributed by atoms with van der Waals surface area (Å²) in [6.45, 7) is 5.14. The summed E-state index contributed by atoms with van der Waals surface area (Å²) in [4.78, 5) is 37.3. The van der Waals surface area contributed by atoms with Gasteiger partial charge in [0, 0.05) is 18.8 Å². The van der Waals surface area contributed by atoms with Crippen molar-refractivity contribution in [3.05, 3.63) is 35.9 Å². The molecular formula is C23H30F2O5. The van der Waals surface area contributed by atoms with Gasteiger partial charge in [0.05, 0.1) is 6.42 Å². The molecule has 0 N–H and O–H groups in total. The number of rotatable bonds is 8. The number of benzene rings is 1. The number of hydrogen-bond acceptors (Lipinski definition) is 5. The Labute approximate surface area is 176 Å². The second-order valence-corrected chi connectivity index (χ2v) is 8.88. The predicted molar refractivity (Wildman–Crippen MR) is 107 cm³/mol. The summed E-state index contributed by atoms with van der Waals surface area (Å²) >= 11 is 0. The van der Waals surface area contributed by atoms with Gasteiger partial charge in [0.25, 0.3) is 0 Å². The third kappa shape index (κ3) is 8.20. The SMILES string of the molecule is CC(C)(C)OC(=O)CC(=O)[C@@H](CC(=O)OCc1ccccc1)C1CCC(F)(F)CC1. The third-order valence-electron chi connectivity index (χ3n) is 5.11. The molecule has 7 heteroatoms. The highest BCUT2D eigenvalue weighted by atomic mass is 19.3. The van der Waals surface area contributed by atoms with Crippen LogP contribution < -0.4 is 0 Å². The van der Waals surface area contributed by atoms with Crippen molar-refractivity contribution in [2.45, 2.75) is 77.4 Å². The van der Waals surface area contributed by atoms with E-state index in [1.165, 1.54) is 0 Å². The number of ether oxygens (including phenoxy) is 2. The standard InChI is InChI=1S/C23H30F2O5/c1-22(2,3)30-21(28)14-19(26)18(17-9-11-23(24,25)12-10-17)13-20(27)29-15-16-7-5-4-6-8-16/h4-8,17-18H,9-15H2,1-3H3/t18-/m0/s1. The van der Waals surface area contributed by atoms with Crippen LogP contribution in [0.5, 0.6) is 0 Å². The summed E-state index contributed by atoms with van der Waals surface area (Å²) in [5.74, 6) is -5.70. The number of esters is 2. The van der Waals surface area contributed by atoms with E-state index in [1.807, 2.05) is 30.3 Å². The summed E-state index contributed by atoms with van der Waals surface area (Å²) < 4.78 is 37.6. The lowest BCUT2D eigenvalue weighted by Gasteiger charge is -2.32. The molecule has 0 heterocycles. The molecule has 1 saturated carbocycles. The number of carbonyl (C=O) groups is 3. The van der Waals surface area contributed by atoms with Crippen LogP contribution >= 0.6 is 0 Å². The van der Waals surface area contributed by atoms with Crippen molar-refractivity contribution in [1.82, 2.24) is 0 Å². The smallest absolute Gasteiger partial charge is 0.313 e. The first-order chi connectivity index (χ1) is 14.0. The molecule has 1 fully saturated rings.